The van der Waals surface area contributed by atoms with Gasteiger partial charge in [0.25, 0.3) is 0 Å². The second-order valence-corrected chi connectivity index (χ2v) is 12.9. The lowest BCUT2D eigenvalue weighted by Gasteiger charge is -2.37. The monoisotopic (exact) mass is 473 g/mol. The molecule has 1 aliphatic rings. The molecule has 3 heteroatoms. The maximum Gasteiger partial charge on any atom is 0.213 e. The molecular weight excluding hydrogens is 433 g/mol. The minimum absolute atomic E-state index is 0.258. The van der Waals surface area contributed by atoms with Gasteiger partial charge in [-0.2, -0.15) is 0 Å². The summed E-state index contributed by atoms with van der Waals surface area (Å²) in [5.74, 6) is 3.20. The van der Waals surface area contributed by atoms with Crippen LogP contribution in [0.1, 0.15) is 65.2 Å². The van der Waals surface area contributed by atoms with E-state index in [1.807, 2.05) is 0 Å². The zero-order chi connectivity index (χ0) is 24.1. The van der Waals surface area contributed by atoms with Crippen LogP contribution in [0.15, 0.2) is 78.9 Å². The zero-order valence-electron chi connectivity index (χ0n) is 21.4. The summed E-state index contributed by atoms with van der Waals surface area (Å²) in [5, 5.41) is 2.80. The maximum atomic E-state index is 6.66. The molecule has 0 spiro atoms. The van der Waals surface area contributed by atoms with Gasteiger partial charge in [-0.25, -0.2) is 4.98 Å². The number of hydrogen-bond donors (Lipinski definition) is 0. The third-order valence-electron chi connectivity index (χ3n) is 7.26. The normalized spacial score (nSPS) is 21.7. The molecule has 1 fully saturated rings. The van der Waals surface area contributed by atoms with E-state index in [0.29, 0.717) is 23.4 Å². The Hall–Kier alpha value is -2.18. The Morgan fingerprint density at radius 2 is 1.41 bits per heavy atom. The summed E-state index contributed by atoms with van der Waals surface area (Å²) in [6.45, 7) is 11.7. The van der Waals surface area contributed by atoms with E-state index in [1.54, 1.807) is 0 Å². The molecule has 2 nitrogen and oxygen atoms in total. The smallest absolute Gasteiger partial charge is 0.213 e. The predicted molar refractivity (Wildman–Crippen MR) is 147 cm³/mol. The van der Waals surface area contributed by atoms with Crippen molar-refractivity contribution in [3.8, 4) is 5.88 Å². The summed E-state index contributed by atoms with van der Waals surface area (Å²) in [6.07, 6.45) is 3.95. The van der Waals surface area contributed by atoms with Gasteiger partial charge in [-0.1, -0.05) is 108 Å². The second kappa shape index (κ2) is 11.5. The quantitative estimate of drug-likeness (QED) is 0.312. The molecule has 4 atom stereocenters. The summed E-state index contributed by atoms with van der Waals surface area (Å²) in [6, 6.07) is 28.4. The van der Waals surface area contributed by atoms with Gasteiger partial charge in [-0.05, 0) is 61.1 Å². The zero-order valence-corrected chi connectivity index (χ0v) is 22.3. The van der Waals surface area contributed by atoms with E-state index in [9.17, 15) is 0 Å². The predicted octanol–water partition coefficient (Wildman–Crippen LogP) is 7.75. The van der Waals surface area contributed by atoms with Crippen molar-refractivity contribution in [1.29, 1.82) is 0 Å². The van der Waals surface area contributed by atoms with Crippen LogP contribution in [0.4, 0.5) is 0 Å². The lowest BCUT2D eigenvalue weighted by atomic mass is 9.75. The fraction of sp³-hybridized carbons (Fsp3) is 0.452. The third kappa shape index (κ3) is 5.89. The Kier molecular flexibility index (Phi) is 8.43. The Bertz CT molecular complexity index is 980. The standard InChI is InChI=1S/C31H40NOP/c1-22(2)27-20-19-24(5)21-29(27)33-30-18-12-17-28(32-30)31(23(3)4)34(25-13-8-6-9-14-25)26-15-10-7-11-16-26/h6-18,22-24,27,29,31H,19-21H2,1-5H3/t24-,27+,29-,31?/m1/s1. The molecule has 180 valence electrons. The number of benzene rings is 2. The molecule has 0 amide bonds. The van der Waals surface area contributed by atoms with E-state index in [1.165, 1.54) is 23.5 Å². The largest absolute Gasteiger partial charge is 0.474 e. The molecule has 1 aliphatic carbocycles. The number of nitrogens with zero attached hydrogens (tertiary/aromatic N) is 1. The molecule has 2 aromatic carbocycles. The highest BCUT2D eigenvalue weighted by Gasteiger charge is 2.33. The van der Waals surface area contributed by atoms with E-state index in [-0.39, 0.29) is 6.10 Å². The number of rotatable bonds is 8. The lowest BCUT2D eigenvalue weighted by molar-refractivity contribution is 0.0425. The molecule has 1 unspecified atom stereocenters. The molecule has 0 N–H and O–H groups in total. The van der Waals surface area contributed by atoms with Gasteiger partial charge in [0, 0.05) is 11.7 Å². The Balaban J connectivity index is 1.69. The number of aromatic nitrogens is 1. The van der Waals surface area contributed by atoms with Crippen molar-refractivity contribution < 1.29 is 4.74 Å². The average molecular weight is 474 g/mol. The van der Waals surface area contributed by atoms with E-state index in [4.69, 9.17) is 9.72 Å². The first-order valence-corrected chi connectivity index (χ1v) is 14.4. The van der Waals surface area contributed by atoms with Crippen molar-refractivity contribution in [2.24, 2.45) is 23.7 Å². The van der Waals surface area contributed by atoms with Crippen molar-refractivity contribution in [2.75, 3.05) is 0 Å². The first-order valence-electron chi connectivity index (χ1n) is 13.0. The molecule has 0 bridgehead atoms. The van der Waals surface area contributed by atoms with Crippen LogP contribution in [-0.2, 0) is 0 Å². The number of hydrogen-bond acceptors (Lipinski definition) is 2. The first-order chi connectivity index (χ1) is 16.4. The van der Waals surface area contributed by atoms with Gasteiger partial charge >= 0.3 is 0 Å². The van der Waals surface area contributed by atoms with Crippen molar-refractivity contribution in [1.82, 2.24) is 4.98 Å². The highest BCUT2D eigenvalue weighted by molar-refractivity contribution is 7.73. The second-order valence-electron chi connectivity index (χ2n) is 10.6. The summed E-state index contributed by atoms with van der Waals surface area (Å²) >= 11 is 0. The topological polar surface area (TPSA) is 22.1 Å². The molecule has 1 saturated carbocycles. The highest BCUT2D eigenvalue weighted by atomic mass is 31.1. The fourth-order valence-electron chi connectivity index (χ4n) is 5.49. The summed E-state index contributed by atoms with van der Waals surface area (Å²) < 4.78 is 6.66. The van der Waals surface area contributed by atoms with Crippen LogP contribution in [0.5, 0.6) is 5.88 Å². The summed E-state index contributed by atoms with van der Waals surface area (Å²) in [5.41, 5.74) is 1.46. The van der Waals surface area contributed by atoms with Crippen LogP contribution in [0.3, 0.4) is 0 Å². The van der Waals surface area contributed by atoms with Gasteiger partial charge in [-0.3, -0.25) is 0 Å². The molecular formula is C31H40NOP. The summed E-state index contributed by atoms with van der Waals surface area (Å²) in [7, 11) is -0.606. The van der Waals surface area contributed by atoms with Crippen LogP contribution in [-0.4, -0.2) is 11.1 Å². The van der Waals surface area contributed by atoms with Crippen LogP contribution >= 0.6 is 7.92 Å². The molecule has 1 aromatic heterocycles. The van der Waals surface area contributed by atoms with Crippen LogP contribution in [0.25, 0.3) is 0 Å². The van der Waals surface area contributed by atoms with Gasteiger partial charge in [0.05, 0.1) is 5.69 Å². The molecule has 0 saturated heterocycles. The minimum atomic E-state index is -0.606. The molecule has 3 aromatic rings. The van der Waals surface area contributed by atoms with E-state index >= 15 is 0 Å². The van der Waals surface area contributed by atoms with E-state index in [0.717, 1.165) is 23.9 Å². The molecule has 1 heterocycles. The molecule has 0 aliphatic heterocycles. The molecule has 34 heavy (non-hydrogen) atoms. The van der Waals surface area contributed by atoms with Gasteiger partial charge in [0.2, 0.25) is 5.88 Å². The van der Waals surface area contributed by atoms with Crippen molar-refractivity contribution in [3.63, 3.8) is 0 Å². The first kappa shape index (κ1) is 24.9. The van der Waals surface area contributed by atoms with Crippen molar-refractivity contribution >= 4 is 18.5 Å². The minimum Gasteiger partial charge on any atom is -0.474 e. The SMILES string of the molecule is CC(C)C(c1cccc(O[C@@H]2C[C@H](C)CC[C@H]2C(C)C)n1)P(c1ccccc1)c1ccccc1. The van der Waals surface area contributed by atoms with Crippen LogP contribution < -0.4 is 15.3 Å². The Morgan fingerprint density at radius 1 is 0.794 bits per heavy atom. The van der Waals surface area contributed by atoms with E-state index in [2.05, 4.69) is 113 Å². The van der Waals surface area contributed by atoms with Gasteiger partial charge in [-0.15, -0.1) is 0 Å². The van der Waals surface area contributed by atoms with Crippen LogP contribution in [0.2, 0.25) is 0 Å². The van der Waals surface area contributed by atoms with Gasteiger partial charge < -0.3 is 4.74 Å². The third-order valence-corrected chi connectivity index (χ3v) is 10.4. The lowest BCUT2D eigenvalue weighted by Crippen LogP contribution is -2.36. The Labute approximate surface area is 207 Å². The Morgan fingerprint density at radius 3 is 1.97 bits per heavy atom. The fourth-order valence-corrected chi connectivity index (χ4v) is 8.42. The summed E-state index contributed by atoms with van der Waals surface area (Å²) in [4.78, 5) is 5.17. The van der Waals surface area contributed by atoms with E-state index < -0.39 is 7.92 Å². The van der Waals surface area contributed by atoms with Gasteiger partial charge in [0.15, 0.2) is 0 Å². The maximum absolute atomic E-state index is 6.66. The van der Waals surface area contributed by atoms with Gasteiger partial charge in [0.1, 0.15) is 6.10 Å². The van der Waals surface area contributed by atoms with Crippen molar-refractivity contribution in [2.45, 2.75) is 65.6 Å². The molecule has 4 rings (SSSR count). The molecule has 0 radical (unpaired) electrons. The van der Waals surface area contributed by atoms with Crippen molar-refractivity contribution in [3.05, 3.63) is 84.6 Å². The average Bonchev–Trinajstić information content (AvgIpc) is 2.83. The van der Waals surface area contributed by atoms with Crippen LogP contribution in [0, 0.1) is 23.7 Å². The number of ether oxygens (including phenoxy) is 1. The number of pyridine rings is 1. The highest BCUT2D eigenvalue weighted by Crippen LogP contribution is 2.53.